The zero-order valence-electron chi connectivity index (χ0n) is 24.8. The van der Waals surface area contributed by atoms with Crippen molar-refractivity contribution < 1.29 is 19.4 Å². The van der Waals surface area contributed by atoms with Crippen LogP contribution in [0.15, 0.2) is 131 Å². The normalized spacial score (nSPS) is 13.3. The van der Waals surface area contributed by atoms with Crippen LogP contribution < -0.4 is 9.75 Å². The Balaban J connectivity index is 0.000000945. The van der Waals surface area contributed by atoms with Crippen LogP contribution >= 0.6 is 11.8 Å². The van der Waals surface area contributed by atoms with Gasteiger partial charge in [0.05, 0.1) is 40.0 Å². The number of carbonyl (C=O) groups is 2. The molecule has 6 rings (SSSR count). The van der Waals surface area contributed by atoms with Crippen LogP contribution in [0.3, 0.4) is 0 Å². The summed E-state index contributed by atoms with van der Waals surface area (Å²) in [7, 11) is 0. The molecule has 0 saturated heterocycles. The van der Waals surface area contributed by atoms with Gasteiger partial charge in [0, 0.05) is 36.2 Å². The van der Waals surface area contributed by atoms with E-state index in [9.17, 15) is 4.79 Å². The van der Waals surface area contributed by atoms with E-state index in [0.29, 0.717) is 29.3 Å². The number of aliphatic carboxylic acids is 1. The highest BCUT2D eigenvalue weighted by molar-refractivity contribution is 8.00. The molecule has 1 aliphatic rings. The van der Waals surface area contributed by atoms with Crippen LogP contribution in [0.1, 0.15) is 19.4 Å². The molecule has 10 heteroatoms. The molecule has 0 spiro atoms. The first-order valence-corrected chi connectivity index (χ1v) is 15.2. The zero-order valence-corrected chi connectivity index (χ0v) is 25.6. The van der Waals surface area contributed by atoms with E-state index in [2.05, 4.69) is 4.98 Å². The highest BCUT2D eigenvalue weighted by Gasteiger charge is 2.31. The van der Waals surface area contributed by atoms with Gasteiger partial charge in [0.1, 0.15) is 5.75 Å². The third-order valence-corrected chi connectivity index (χ3v) is 7.41. The lowest BCUT2D eigenvalue weighted by Crippen LogP contribution is -2.21. The van der Waals surface area contributed by atoms with Gasteiger partial charge < -0.3 is 9.84 Å². The van der Waals surface area contributed by atoms with Gasteiger partial charge in [0.15, 0.2) is 0 Å². The number of anilines is 1. The number of para-hydroxylation sites is 2. The Labute approximate surface area is 265 Å². The van der Waals surface area contributed by atoms with Gasteiger partial charge in [0.25, 0.3) is 11.9 Å². The molecule has 1 N–H and O–H groups in total. The first-order valence-electron chi connectivity index (χ1n) is 14.2. The van der Waals surface area contributed by atoms with Gasteiger partial charge in [-0.25, -0.2) is 9.67 Å². The minimum Gasteiger partial charge on any atom is -0.494 e. The van der Waals surface area contributed by atoms with Gasteiger partial charge in [-0.3, -0.25) is 9.59 Å². The molecule has 45 heavy (non-hydrogen) atoms. The molecular formula is C35H31N5O4S. The Morgan fingerprint density at radius 2 is 1.56 bits per heavy atom. The van der Waals surface area contributed by atoms with E-state index in [1.54, 1.807) is 18.0 Å². The Morgan fingerprint density at radius 3 is 2.18 bits per heavy atom. The van der Waals surface area contributed by atoms with Crippen molar-refractivity contribution in [3.63, 3.8) is 0 Å². The molecule has 0 aliphatic carbocycles. The summed E-state index contributed by atoms with van der Waals surface area (Å²) in [6.45, 7) is 3.64. The largest absolute Gasteiger partial charge is 0.494 e. The molecule has 0 bridgehead atoms. The number of hydrogen-bond acceptors (Lipinski definition) is 7. The molecule has 3 aromatic carbocycles. The number of rotatable bonds is 9. The van der Waals surface area contributed by atoms with Crippen LogP contribution in [-0.4, -0.2) is 49.8 Å². The summed E-state index contributed by atoms with van der Waals surface area (Å²) in [5.74, 6) is 0.269. The van der Waals surface area contributed by atoms with Crippen molar-refractivity contribution >= 4 is 41.1 Å². The first-order chi connectivity index (χ1) is 21.9. The molecule has 3 heterocycles. The van der Waals surface area contributed by atoms with Crippen molar-refractivity contribution in [3.05, 3.63) is 127 Å². The van der Waals surface area contributed by atoms with Crippen molar-refractivity contribution in [2.45, 2.75) is 18.9 Å². The minimum atomic E-state index is -0.833. The van der Waals surface area contributed by atoms with Crippen molar-refractivity contribution in [2.24, 2.45) is 5.10 Å². The van der Waals surface area contributed by atoms with Crippen molar-refractivity contribution in [2.75, 3.05) is 17.4 Å². The fraction of sp³-hybridized carbons (Fsp3) is 0.114. The van der Waals surface area contributed by atoms with Crippen LogP contribution in [0.5, 0.6) is 5.75 Å². The van der Waals surface area contributed by atoms with Gasteiger partial charge in [-0.15, -0.1) is 0 Å². The number of carboxylic acids is 1. The van der Waals surface area contributed by atoms with Crippen LogP contribution in [0, 0.1) is 0 Å². The number of carbonyl (C=O) groups excluding carboxylic acids is 1. The molecule has 0 fully saturated rings. The third-order valence-electron chi connectivity index (χ3n) is 6.45. The molecule has 1 amide bonds. The molecule has 0 atom stereocenters. The predicted octanol–water partition coefficient (Wildman–Crippen LogP) is 7.00. The number of aromatic nitrogens is 3. The van der Waals surface area contributed by atoms with E-state index in [0.717, 1.165) is 40.2 Å². The first kappa shape index (κ1) is 31.0. The lowest BCUT2D eigenvalue weighted by atomic mass is 10.0. The van der Waals surface area contributed by atoms with E-state index < -0.39 is 5.97 Å². The fourth-order valence-corrected chi connectivity index (χ4v) is 5.30. The van der Waals surface area contributed by atoms with Gasteiger partial charge in [-0.2, -0.15) is 15.2 Å². The van der Waals surface area contributed by atoms with Gasteiger partial charge in [-0.05, 0) is 73.7 Å². The molecule has 0 radical (unpaired) electrons. The summed E-state index contributed by atoms with van der Waals surface area (Å²) < 4.78 is 7.48. The maximum atomic E-state index is 13.8. The maximum Gasteiger partial charge on any atom is 0.300 e. The number of amides is 1. The molecule has 0 saturated carbocycles. The number of hydrazone groups is 1. The fourth-order valence-electron chi connectivity index (χ4n) is 4.49. The molecule has 226 valence electrons. The number of thioether (sulfide) groups is 1. The molecule has 0 unspecified atom stereocenters. The van der Waals surface area contributed by atoms with Crippen LogP contribution in [0.4, 0.5) is 5.69 Å². The maximum absolute atomic E-state index is 13.8. The van der Waals surface area contributed by atoms with Gasteiger partial charge in [0.2, 0.25) is 0 Å². The minimum absolute atomic E-state index is 0.182. The molecule has 5 aromatic rings. The second kappa shape index (κ2) is 14.8. The highest BCUT2D eigenvalue weighted by Crippen LogP contribution is 2.31. The van der Waals surface area contributed by atoms with E-state index in [-0.39, 0.29) is 5.91 Å². The van der Waals surface area contributed by atoms with Crippen molar-refractivity contribution in [3.8, 4) is 22.7 Å². The van der Waals surface area contributed by atoms with E-state index >= 15 is 0 Å². The monoisotopic (exact) mass is 617 g/mol. The molecule has 1 aliphatic heterocycles. The summed E-state index contributed by atoms with van der Waals surface area (Å²) in [6.07, 6.45) is 5.62. The van der Waals surface area contributed by atoms with E-state index in [1.807, 2.05) is 127 Å². The molecular weight excluding hydrogens is 586 g/mol. The number of pyridine rings is 1. The standard InChI is InChI=1S/C33H27N5O2S.C2H4O2/c1-2-40-28-18-16-24(17-19-28)32-25(22-37(36-32)26-11-5-3-6-12-26)21-29-30(23-41-31-15-9-10-20-34-31)35-38(33(29)39)27-13-7-4-8-14-27;1-2(3)4/h3-22H,2,23H2,1H3;1H3,(H,3,4)/b29-21-;. The Bertz CT molecular complexity index is 1800. The summed E-state index contributed by atoms with van der Waals surface area (Å²) in [6, 6.07) is 33.0. The Hall–Kier alpha value is -5.48. The summed E-state index contributed by atoms with van der Waals surface area (Å²) >= 11 is 1.54. The average molecular weight is 618 g/mol. The van der Waals surface area contributed by atoms with Gasteiger partial charge >= 0.3 is 0 Å². The summed E-state index contributed by atoms with van der Waals surface area (Å²) in [5, 5.41) is 19.5. The Morgan fingerprint density at radius 1 is 0.911 bits per heavy atom. The smallest absolute Gasteiger partial charge is 0.300 e. The third kappa shape index (κ3) is 7.92. The van der Waals surface area contributed by atoms with Crippen molar-refractivity contribution in [1.29, 1.82) is 0 Å². The van der Waals surface area contributed by atoms with Crippen molar-refractivity contribution in [1.82, 2.24) is 14.8 Å². The average Bonchev–Trinajstić information content (AvgIpc) is 3.63. The van der Waals surface area contributed by atoms with E-state index in [4.69, 9.17) is 24.8 Å². The van der Waals surface area contributed by atoms with E-state index in [1.165, 1.54) is 5.01 Å². The lowest BCUT2D eigenvalue weighted by molar-refractivity contribution is -0.134. The van der Waals surface area contributed by atoms with Crippen LogP contribution in [0.25, 0.3) is 23.0 Å². The highest BCUT2D eigenvalue weighted by atomic mass is 32.2. The molecule has 2 aromatic heterocycles. The SMILES string of the molecule is CC(=O)O.CCOc1ccc(-c2nn(-c3ccccc3)cc2/C=C2\C(=O)N(c3ccccc3)N=C2CSc2ccccn2)cc1. The number of benzene rings is 3. The summed E-state index contributed by atoms with van der Waals surface area (Å²) in [5.41, 5.74) is 5.33. The van der Waals surface area contributed by atoms with Crippen LogP contribution in [-0.2, 0) is 9.59 Å². The Kier molecular flexibility index (Phi) is 10.2. The second-order valence-corrected chi connectivity index (χ2v) is 10.7. The topological polar surface area (TPSA) is 110 Å². The zero-order chi connectivity index (χ0) is 31.6. The molecule has 9 nitrogen and oxygen atoms in total. The second-order valence-electron chi connectivity index (χ2n) is 9.70. The number of nitrogens with zero attached hydrogens (tertiary/aromatic N) is 5. The quantitative estimate of drug-likeness (QED) is 0.140. The predicted molar refractivity (Wildman–Crippen MR) is 178 cm³/mol. The number of carboxylic acid groups (broad SMARTS) is 1. The number of ether oxygens (including phenoxy) is 1. The van der Waals surface area contributed by atoms with Crippen LogP contribution in [0.2, 0.25) is 0 Å². The summed E-state index contributed by atoms with van der Waals surface area (Å²) in [4.78, 5) is 27.3. The van der Waals surface area contributed by atoms with Gasteiger partial charge in [-0.1, -0.05) is 54.2 Å². The lowest BCUT2D eigenvalue weighted by Gasteiger charge is -2.11. The number of hydrogen-bond donors (Lipinski definition) is 1.